The van der Waals surface area contributed by atoms with Gasteiger partial charge in [-0.25, -0.2) is 9.07 Å². The van der Waals surface area contributed by atoms with Crippen molar-refractivity contribution in [3.05, 3.63) is 101 Å². The van der Waals surface area contributed by atoms with Crippen molar-refractivity contribution in [2.24, 2.45) is 7.05 Å². The maximum absolute atomic E-state index is 14.1. The van der Waals surface area contributed by atoms with Crippen molar-refractivity contribution < 1.29 is 4.39 Å². The van der Waals surface area contributed by atoms with E-state index >= 15 is 0 Å². The zero-order chi connectivity index (χ0) is 22.1. The van der Waals surface area contributed by atoms with Gasteiger partial charge in [-0.05, 0) is 48.4 Å². The second-order valence-corrected chi connectivity index (χ2v) is 7.66. The SMILES string of the molecule is Cn1cc(-c2cnc3ccc(CCn4nc(-c5ccccc5F)ccc4=O)cc3c2)cn1. The van der Waals surface area contributed by atoms with Crippen LogP contribution < -0.4 is 5.56 Å². The van der Waals surface area contributed by atoms with E-state index in [9.17, 15) is 9.18 Å². The molecule has 0 fully saturated rings. The summed E-state index contributed by atoms with van der Waals surface area (Å²) >= 11 is 0. The molecule has 0 saturated heterocycles. The summed E-state index contributed by atoms with van der Waals surface area (Å²) < 4.78 is 17.3. The van der Waals surface area contributed by atoms with Crippen molar-refractivity contribution in [2.45, 2.75) is 13.0 Å². The maximum atomic E-state index is 14.1. The Hall–Kier alpha value is -4.13. The summed E-state index contributed by atoms with van der Waals surface area (Å²) in [5.74, 6) is -0.364. The first kappa shape index (κ1) is 19.8. The molecular weight excluding hydrogens is 405 g/mol. The minimum absolute atomic E-state index is 0.216. The highest BCUT2D eigenvalue weighted by molar-refractivity contribution is 5.83. The molecule has 0 saturated carbocycles. The second-order valence-electron chi connectivity index (χ2n) is 7.66. The summed E-state index contributed by atoms with van der Waals surface area (Å²) in [5.41, 5.74) is 4.57. The first-order valence-corrected chi connectivity index (χ1v) is 10.3. The van der Waals surface area contributed by atoms with Crippen LogP contribution >= 0.6 is 0 Å². The van der Waals surface area contributed by atoms with Crippen LogP contribution in [-0.4, -0.2) is 24.5 Å². The van der Waals surface area contributed by atoms with Gasteiger partial charge in [0.05, 0.1) is 17.4 Å². The lowest BCUT2D eigenvalue weighted by Crippen LogP contribution is -2.23. The fraction of sp³-hybridized carbons (Fsp3) is 0.120. The molecule has 2 aromatic carbocycles. The summed E-state index contributed by atoms with van der Waals surface area (Å²) in [6.45, 7) is 0.391. The van der Waals surface area contributed by atoms with E-state index in [1.807, 2.05) is 37.8 Å². The molecule has 0 radical (unpaired) electrons. The third kappa shape index (κ3) is 3.92. The number of hydrogen-bond donors (Lipinski definition) is 0. The number of hydrogen-bond acceptors (Lipinski definition) is 4. The first-order valence-electron chi connectivity index (χ1n) is 10.3. The number of fused-ring (bicyclic) bond motifs is 1. The molecule has 158 valence electrons. The van der Waals surface area contributed by atoms with Crippen LogP contribution in [-0.2, 0) is 20.0 Å². The third-order valence-electron chi connectivity index (χ3n) is 5.41. The van der Waals surface area contributed by atoms with Crippen LogP contribution in [0.2, 0.25) is 0 Å². The number of nitrogens with zero attached hydrogens (tertiary/aromatic N) is 5. The molecule has 0 atom stereocenters. The monoisotopic (exact) mass is 425 g/mol. The average Bonchev–Trinajstić information content (AvgIpc) is 3.25. The Morgan fingerprint density at radius 3 is 2.66 bits per heavy atom. The van der Waals surface area contributed by atoms with Crippen molar-refractivity contribution in [1.29, 1.82) is 0 Å². The molecule has 3 heterocycles. The fourth-order valence-electron chi connectivity index (χ4n) is 3.72. The molecule has 0 N–H and O–H groups in total. The Labute approximate surface area is 183 Å². The van der Waals surface area contributed by atoms with Crippen molar-refractivity contribution in [2.75, 3.05) is 0 Å². The first-order chi connectivity index (χ1) is 15.6. The highest BCUT2D eigenvalue weighted by Crippen LogP contribution is 2.23. The van der Waals surface area contributed by atoms with Gasteiger partial charge in [0, 0.05) is 54.1 Å². The Kier molecular flexibility index (Phi) is 5.07. The summed E-state index contributed by atoms with van der Waals surface area (Å²) in [6.07, 6.45) is 6.22. The van der Waals surface area contributed by atoms with Gasteiger partial charge in [-0.3, -0.25) is 14.5 Å². The molecule has 0 unspecified atom stereocenters. The zero-order valence-corrected chi connectivity index (χ0v) is 17.4. The van der Waals surface area contributed by atoms with E-state index < -0.39 is 0 Å². The minimum Gasteiger partial charge on any atom is -0.275 e. The van der Waals surface area contributed by atoms with Gasteiger partial charge in [0.2, 0.25) is 0 Å². The molecule has 0 spiro atoms. The largest absolute Gasteiger partial charge is 0.275 e. The molecule has 7 heteroatoms. The van der Waals surface area contributed by atoms with Gasteiger partial charge in [0.1, 0.15) is 5.82 Å². The third-order valence-corrected chi connectivity index (χ3v) is 5.41. The standard InChI is InChI=1S/C25H20FN5O/c1-30-16-20(15-28-30)19-13-18-12-17(6-7-23(18)27-14-19)10-11-31-25(32)9-8-24(29-31)21-4-2-3-5-22(21)26/h2-9,12-16H,10-11H2,1H3. The number of aromatic nitrogens is 5. The summed E-state index contributed by atoms with van der Waals surface area (Å²) in [4.78, 5) is 16.9. The Morgan fingerprint density at radius 1 is 0.969 bits per heavy atom. The van der Waals surface area contributed by atoms with Gasteiger partial charge in [-0.2, -0.15) is 10.2 Å². The van der Waals surface area contributed by atoms with E-state index in [0.29, 0.717) is 24.2 Å². The Balaban J connectivity index is 1.41. The van der Waals surface area contributed by atoms with E-state index in [0.717, 1.165) is 27.6 Å². The summed E-state index contributed by atoms with van der Waals surface area (Å²) in [5, 5.41) is 9.62. The van der Waals surface area contributed by atoms with Gasteiger partial charge in [-0.15, -0.1) is 0 Å². The maximum Gasteiger partial charge on any atom is 0.266 e. The fourth-order valence-corrected chi connectivity index (χ4v) is 3.72. The van der Waals surface area contributed by atoms with Crippen molar-refractivity contribution in [3.63, 3.8) is 0 Å². The molecule has 0 aliphatic heterocycles. The lowest BCUT2D eigenvalue weighted by molar-refractivity contribution is 0.578. The minimum atomic E-state index is -0.364. The van der Waals surface area contributed by atoms with Crippen LogP contribution in [0, 0.1) is 5.82 Å². The molecule has 5 aromatic rings. The lowest BCUT2D eigenvalue weighted by Gasteiger charge is -2.09. The van der Waals surface area contributed by atoms with Crippen molar-refractivity contribution >= 4 is 10.9 Å². The van der Waals surface area contributed by atoms with Crippen LogP contribution in [0.5, 0.6) is 0 Å². The smallest absolute Gasteiger partial charge is 0.266 e. The molecule has 0 aliphatic carbocycles. The number of benzene rings is 2. The Morgan fingerprint density at radius 2 is 1.84 bits per heavy atom. The van der Waals surface area contributed by atoms with E-state index in [-0.39, 0.29) is 11.4 Å². The predicted octanol–water partition coefficient (Wildman–Crippen LogP) is 4.24. The van der Waals surface area contributed by atoms with Crippen molar-refractivity contribution in [1.82, 2.24) is 24.5 Å². The molecule has 0 aliphatic rings. The quantitative estimate of drug-likeness (QED) is 0.422. The summed E-state index contributed by atoms with van der Waals surface area (Å²) in [6, 6.07) is 17.5. The number of halogens is 1. The molecule has 3 aromatic heterocycles. The highest BCUT2D eigenvalue weighted by atomic mass is 19.1. The van der Waals surface area contributed by atoms with Gasteiger partial charge in [0.25, 0.3) is 5.56 Å². The Bertz CT molecular complexity index is 1490. The zero-order valence-electron chi connectivity index (χ0n) is 17.4. The van der Waals surface area contributed by atoms with Crippen LogP contribution in [0.4, 0.5) is 4.39 Å². The highest BCUT2D eigenvalue weighted by Gasteiger charge is 2.09. The molecule has 6 nitrogen and oxygen atoms in total. The number of pyridine rings is 1. The van der Waals surface area contributed by atoms with Crippen LogP contribution in [0.3, 0.4) is 0 Å². The van der Waals surface area contributed by atoms with Crippen LogP contribution in [0.25, 0.3) is 33.3 Å². The van der Waals surface area contributed by atoms with Crippen LogP contribution in [0.15, 0.2) is 84.0 Å². The van der Waals surface area contributed by atoms with Gasteiger partial charge < -0.3 is 0 Å². The van der Waals surface area contributed by atoms with Crippen LogP contribution in [0.1, 0.15) is 5.56 Å². The van der Waals surface area contributed by atoms with E-state index in [4.69, 9.17) is 0 Å². The van der Waals surface area contributed by atoms with Gasteiger partial charge >= 0.3 is 0 Å². The number of rotatable bonds is 5. The summed E-state index contributed by atoms with van der Waals surface area (Å²) in [7, 11) is 1.88. The normalized spacial score (nSPS) is 11.2. The molecule has 5 rings (SSSR count). The van der Waals surface area contributed by atoms with E-state index in [1.165, 1.54) is 16.8 Å². The van der Waals surface area contributed by atoms with E-state index in [2.05, 4.69) is 27.3 Å². The molecular formula is C25H20FN5O. The second kappa shape index (κ2) is 8.19. The molecule has 32 heavy (non-hydrogen) atoms. The van der Waals surface area contributed by atoms with Gasteiger partial charge in [-0.1, -0.05) is 18.2 Å². The topological polar surface area (TPSA) is 65.6 Å². The van der Waals surface area contributed by atoms with Crippen molar-refractivity contribution in [3.8, 4) is 22.4 Å². The lowest BCUT2D eigenvalue weighted by atomic mass is 10.1. The molecule has 0 amide bonds. The van der Waals surface area contributed by atoms with Gasteiger partial charge in [0.15, 0.2) is 0 Å². The predicted molar refractivity (Wildman–Crippen MR) is 122 cm³/mol. The number of aryl methyl sites for hydroxylation is 3. The molecule has 0 bridgehead atoms. The average molecular weight is 425 g/mol. The van der Waals surface area contributed by atoms with E-state index in [1.54, 1.807) is 28.9 Å².